The molecule has 0 bridgehead atoms. The molecule has 232 valence electrons. The van der Waals surface area contributed by atoms with Crippen molar-refractivity contribution in [2.45, 2.75) is 109 Å². The van der Waals surface area contributed by atoms with E-state index in [4.69, 9.17) is 0 Å². The Morgan fingerprint density at radius 1 is 0.786 bits per heavy atom. The summed E-state index contributed by atoms with van der Waals surface area (Å²) in [7, 11) is 0. The van der Waals surface area contributed by atoms with Crippen molar-refractivity contribution in [3.63, 3.8) is 0 Å². The fourth-order valence-electron chi connectivity index (χ4n) is 5.62. The van der Waals surface area contributed by atoms with Gasteiger partial charge in [-0.25, -0.2) is 0 Å². The monoisotopic (exact) mass is 647 g/mol. The summed E-state index contributed by atoms with van der Waals surface area (Å²) in [5.74, 6) is -1.66. The van der Waals surface area contributed by atoms with Crippen LogP contribution in [-0.4, -0.2) is 82.1 Å². The van der Waals surface area contributed by atoms with Crippen LogP contribution in [0.25, 0.3) is 0 Å². The number of nitrogens with zero attached hydrogens (tertiary/aromatic N) is 2. The average Bonchev–Trinajstić information content (AvgIpc) is 3.62. The van der Waals surface area contributed by atoms with Crippen LogP contribution in [0.2, 0.25) is 0 Å². The SMILES string of the molecule is CCCCCCNC(=O)[C@@H]1CCCN1C(=O)C(C)(C)NC(=O)[C@@H]1CCCN1C(=O)C(C)(C)NC(=O)c1ccc(Br)cc1. The highest BCUT2D eigenvalue weighted by Gasteiger charge is 2.45. The highest BCUT2D eigenvalue weighted by atomic mass is 79.9. The van der Waals surface area contributed by atoms with Gasteiger partial charge in [-0.2, -0.15) is 0 Å². The van der Waals surface area contributed by atoms with Crippen molar-refractivity contribution in [2.24, 2.45) is 0 Å². The minimum atomic E-state index is -1.27. The summed E-state index contributed by atoms with van der Waals surface area (Å²) in [5.41, 5.74) is -2.12. The van der Waals surface area contributed by atoms with E-state index in [2.05, 4.69) is 38.8 Å². The van der Waals surface area contributed by atoms with E-state index in [1.807, 2.05) is 0 Å². The zero-order valence-electron chi connectivity index (χ0n) is 25.6. The van der Waals surface area contributed by atoms with Crippen molar-refractivity contribution in [2.75, 3.05) is 19.6 Å². The molecule has 0 saturated carbocycles. The summed E-state index contributed by atoms with van der Waals surface area (Å²) >= 11 is 3.35. The molecule has 3 rings (SSSR count). The number of unbranched alkanes of at least 4 members (excludes halogenated alkanes) is 3. The van der Waals surface area contributed by atoms with Crippen molar-refractivity contribution in [3.05, 3.63) is 34.3 Å². The Labute approximate surface area is 257 Å². The predicted molar refractivity (Wildman–Crippen MR) is 165 cm³/mol. The second-order valence-electron chi connectivity index (χ2n) is 12.4. The summed E-state index contributed by atoms with van der Waals surface area (Å²) in [6.07, 6.45) is 6.58. The number of rotatable bonds is 12. The zero-order chi connectivity index (χ0) is 31.1. The van der Waals surface area contributed by atoms with Gasteiger partial charge in [0, 0.05) is 29.7 Å². The lowest BCUT2D eigenvalue weighted by Crippen LogP contribution is -2.63. The number of nitrogens with one attached hydrogen (secondary N) is 3. The maximum absolute atomic E-state index is 13.6. The van der Waals surface area contributed by atoms with Crippen molar-refractivity contribution in [1.29, 1.82) is 0 Å². The van der Waals surface area contributed by atoms with Gasteiger partial charge in [-0.15, -0.1) is 0 Å². The number of carbonyl (C=O) groups excluding carboxylic acids is 5. The van der Waals surface area contributed by atoms with Crippen LogP contribution >= 0.6 is 15.9 Å². The molecular weight excluding hydrogens is 602 g/mol. The fraction of sp³-hybridized carbons (Fsp3) is 0.645. The molecule has 0 unspecified atom stereocenters. The third-order valence-corrected chi connectivity index (χ3v) is 8.53. The first-order valence-corrected chi connectivity index (χ1v) is 15.9. The van der Waals surface area contributed by atoms with Gasteiger partial charge in [0.25, 0.3) is 5.91 Å². The lowest BCUT2D eigenvalue weighted by atomic mass is 9.99. The standard InChI is InChI=1S/C31H46BrN5O5/c1-6-7-8-9-18-33-26(39)23-12-10-19-36(23)29(42)31(4,5)35-27(40)24-13-11-20-37(24)28(41)30(2,3)34-25(38)21-14-16-22(32)17-15-21/h14-17,23-24H,6-13,18-20H2,1-5H3,(H,33,39)(H,34,38)(H,35,40)/t23-,24-/m0/s1. The first-order valence-electron chi connectivity index (χ1n) is 15.1. The number of amides is 5. The summed E-state index contributed by atoms with van der Waals surface area (Å²) in [6, 6.07) is 5.49. The highest BCUT2D eigenvalue weighted by Crippen LogP contribution is 2.25. The molecule has 5 amide bonds. The molecule has 0 spiro atoms. The molecule has 2 fully saturated rings. The molecule has 2 aliphatic heterocycles. The minimum Gasteiger partial charge on any atom is -0.354 e. The molecule has 2 heterocycles. The van der Waals surface area contributed by atoms with Gasteiger partial charge in [0.1, 0.15) is 23.2 Å². The number of halogens is 1. The fourth-order valence-corrected chi connectivity index (χ4v) is 5.88. The lowest BCUT2D eigenvalue weighted by Gasteiger charge is -2.36. The largest absolute Gasteiger partial charge is 0.354 e. The second-order valence-corrected chi connectivity index (χ2v) is 13.3. The molecule has 42 heavy (non-hydrogen) atoms. The minimum absolute atomic E-state index is 0.153. The predicted octanol–water partition coefficient (Wildman–Crippen LogP) is 3.53. The molecule has 1 aromatic rings. The Hall–Kier alpha value is -2.95. The molecule has 2 atom stereocenters. The zero-order valence-corrected chi connectivity index (χ0v) is 27.1. The van der Waals surface area contributed by atoms with Crippen LogP contribution in [0, 0.1) is 0 Å². The molecule has 0 aromatic heterocycles. The van der Waals surface area contributed by atoms with Crippen LogP contribution in [0.3, 0.4) is 0 Å². The molecule has 0 radical (unpaired) electrons. The Morgan fingerprint density at radius 3 is 1.86 bits per heavy atom. The van der Waals surface area contributed by atoms with Crippen LogP contribution in [0.15, 0.2) is 28.7 Å². The Bertz CT molecular complexity index is 1150. The number of hydrogen-bond acceptors (Lipinski definition) is 5. The summed E-state index contributed by atoms with van der Waals surface area (Å²) in [4.78, 5) is 69.4. The molecule has 10 nitrogen and oxygen atoms in total. The van der Waals surface area contributed by atoms with Crippen LogP contribution in [-0.2, 0) is 19.2 Å². The molecule has 0 aliphatic carbocycles. The van der Waals surface area contributed by atoms with Gasteiger partial charge < -0.3 is 25.8 Å². The summed E-state index contributed by atoms with van der Waals surface area (Å²) in [5, 5.41) is 8.62. The number of hydrogen-bond donors (Lipinski definition) is 3. The van der Waals surface area contributed by atoms with E-state index in [0.29, 0.717) is 44.5 Å². The van der Waals surface area contributed by atoms with Crippen LogP contribution in [0.1, 0.15) is 96.3 Å². The lowest BCUT2D eigenvalue weighted by molar-refractivity contribution is -0.147. The molecule has 2 saturated heterocycles. The van der Waals surface area contributed by atoms with Crippen molar-refractivity contribution >= 4 is 45.5 Å². The average molecular weight is 649 g/mol. The summed E-state index contributed by atoms with van der Waals surface area (Å²) in [6.45, 7) is 10.1. The smallest absolute Gasteiger partial charge is 0.252 e. The van der Waals surface area contributed by atoms with Crippen LogP contribution in [0.4, 0.5) is 0 Å². The normalized spacial score (nSPS) is 19.0. The number of carbonyl (C=O) groups is 5. The second kappa shape index (κ2) is 14.5. The van der Waals surface area contributed by atoms with Gasteiger partial charge in [-0.3, -0.25) is 24.0 Å². The first kappa shape index (κ1) is 33.6. The first-order chi connectivity index (χ1) is 19.8. The van der Waals surface area contributed by atoms with E-state index in [0.717, 1.165) is 36.6 Å². The van der Waals surface area contributed by atoms with Gasteiger partial charge in [-0.05, 0) is 84.1 Å². The quantitative estimate of drug-likeness (QED) is 0.299. The van der Waals surface area contributed by atoms with Gasteiger partial charge in [0.2, 0.25) is 23.6 Å². The van der Waals surface area contributed by atoms with Gasteiger partial charge in [0.15, 0.2) is 0 Å². The molecule has 1 aromatic carbocycles. The summed E-state index contributed by atoms with van der Waals surface area (Å²) < 4.78 is 0.836. The molecular formula is C31H46BrN5O5. The molecule has 2 aliphatic rings. The van der Waals surface area contributed by atoms with E-state index in [-0.39, 0.29) is 17.7 Å². The molecule has 3 N–H and O–H groups in total. The van der Waals surface area contributed by atoms with E-state index < -0.39 is 35.0 Å². The number of benzene rings is 1. The van der Waals surface area contributed by atoms with Crippen LogP contribution < -0.4 is 16.0 Å². The Kier molecular flexibility index (Phi) is 11.6. The van der Waals surface area contributed by atoms with E-state index in [1.54, 1.807) is 56.9 Å². The van der Waals surface area contributed by atoms with Crippen molar-refractivity contribution < 1.29 is 24.0 Å². The Morgan fingerprint density at radius 2 is 1.31 bits per heavy atom. The highest BCUT2D eigenvalue weighted by molar-refractivity contribution is 9.10. The van der Waals surface area contributed by atoms with Crippen molar-refractivity contribution in [3.8, 4) is 0 Å². The van der Waals surface area contributed by atoms with E-state index >= 15 is 0 Å². The Balaban J connectivity index is 1.61. The maximum atomic E-state index is 13.6. The number of likely N-dealkylation sites (tertiary alicyclic amines) is 2. The maximum Gasteiger partial charge on any atom is 0.252 e. The van der Waals surface area contributed by atoms with Gasteiger partial charge in [-0.1, -0.05) is 42.1 Å². The van der Waals surface area contributed by atoms with Gasteiger partial charge >= 0.3 is 0 Å². The third kappa shape index (κ3) is 8.33. The van der Waals surface area contributed by atoms with E-state index in [9.17, 15) is 24.0 Å². The van der Waals surface area contributed by atoms with E-state index in [1.165, 1.54) is 4.90 Å². The van der Waals surface area contributed by atoms with Crippen molar-refractivity contribution in [1.82, 2.24) is 25.8 Å². The van der Waals surface area contributed by atoms with Crippen LogP contribution in [0.5, 0.6) is 0 Å². The van der Waals surface area contributed by atoms with Gasteiger partial charge in [0.05, 0.1) is 0 Å². The molecule has 11 heteroatoms. The topological polar surface area (TPSA) is 128 Å². The third-order valence-electron chi connectivity index (χ3n) is 8.00.